The molecule has 122 valence electrons. The van der Waals surface area contributed by atoms with Gasteiger partial charge in [-0.15, -0.1) is 0 Å². The fraction of sp³-hybridized carbons (Fsp3) is 0.929. The molecule has 1 heterocycles. The zero-order valence-electron chi connectivity index (χ0n) is 13.0. The van der Waals surface area contributed by atoms with E-state index in [0.717, 1.165) is 12.4 Å². The molecule has 0 aromatic rings. The summed E-state index contributed by atoms with van der Waals surface area (Å²) in [6, 6.07) is -0.898. The molecule has 2 aliphatic rings. The van der Waals surface area contributed by atoms with E-state index in [1.807, 2.05) is 6.92 Å². The second kappa shape index (κ2) is 6.42. The topological polar surface area (TPSA) is 30.9 Å². The predicted molar refractivity (Wildman–Crippen MR) is 77.3 cm³/mol. The van der Waals surface area contributed by atoms with Crippen LogP contribution in [0.3, 0.4) is 0 Å². The molecule has 0 aromatic carbocycles. The van der Waals surface area contributed by atoms with Gasteiger partial charge in [-0.05, 0) is 26.2 Å². The fourth-order valence-electron chi connectivity index (χ4n) is 2.60. The Kier molecular flexibility index (Phi) is 5.01. The Hall–Kier alpha value is -0.980. The summed E-state index contributed by atoms with van der Waals surface area (Å²) < 4.78 is 38.2. The van der Waals surface area contributed by atoms with Gasteiger partial charge in [0, 0.05) is 38.8 Å². The van der Waals surface area contributed by atoms with Crippen LogP contribution in [0.25, 0.3) is 0 Å². The Balaban J connectivity index is 1.88. The summed E-state index contributed by atoms with van der Waals surface area (Å²) in [7, 11) is 0. The molecular formula is C14H25F3N4. The van der Waals surface area contributed by atoms with Crippen molar-refractivity contribution in [3.05, 3.63) is 0 Å². The van der Waals surface area contributed by atoms with E-state index in [1.54, 1.807) is 0 Å². The van der Waals surface area contributed by atoms with Gasteiger partial charge in [0.1, 0.15) is 6.04 Å². The summed E-state index contributed by atoms with van der Waals surface area (Å²) in [5, 5.41) is 3.42. The normalized spacial score (nSPS) is 29.4. The van der Waals surface area contributed by atoms with Gasteiger partial charge in [-0.1, -0.05) is 6.92 Å². The minimum absolute atomic E-state index is 0.422. The standard InChI is InChI=1S/C14H25F3N4/c1-4-18-13(19-12-9-10(12)2)21-7-5-20(6-8-21)11(3)14(15,16)17/h10-12H,4-9H2,1-3H3,(H,18,19). The maximum atomic E-state index is 12.7. The highest BCUT2D eigenvalue weighted by molar-refractivity contribution is 5.80. The molecule has 1 aliphatic carbocycles. The molecule has 1 saturated heterocycles. The van der Waals surface area contributed by atoms with Crippen molar-refractivity contribution in [1.82, 2.24) is 15.1 Å². The van der Waals surface area contributed by atoms with Gasteiger partial charge >= 0.3 is 6.18 Å². The first kappa shape index (κ1) is 16.4. The van der Waals surface area contributed by atoms with Crippen LogP contribution in [0.1, 0.15) is 27.2 Å². The van der Waals surface area contributed by atoms with Crippen molar-refractivity contribution in [3.63, 3.8) is 0 Å². The number of alkyl halides is 3. The summed E-state index contributed by atoms with van der Waals surface area (Å²) in [5.74, 6) is 1.52. The number of nitrogens with one attached hydrogen (secondary N) is 1. The van der Waals surface area contributed by atoms with Crippen molar-refractivity contribution in [3.8, 4) is 0 Å². The van der Waals surface area contributed by atoms with Gasteiger partial charge in [-0.25, -0.2) is 0 Å². The van der Waals surface area contributed by atoms with E-state index in [1.165, 1.54) is 11.8 Å². The van der Waals surface area contributed by atoms with E-state index >= 15 is 0 Å². The Labute approximate surface area is 124 Å². The fourth-order valence-corrected chi connectivity index (χ4v) is 2.60. The molecule has 2 rings (SSSR count). The minimum atomic E-state index is -4.15. The van der Waals surface area contributed by atoms with Crippen LogP contribution in [0, 0.1) is 5.92 Å². The van der Waals surface area contributed by atoms with Crippen LogP contribution >= 0.6 is 0 Å². The smallest absolute Gasteiger partial charge is 0.353 e. The lowest BCUT2D eigenvalue weighted by Gasteiger charge is -2.39. The Morgan fingerprint density at radius 3 is 2.29 bits per heavy atom. The van der Waals surface area contributed by atoms with Gasteiger partial charge in [0.05, 0.1) is 0 Å². The number of hydrogen-bond donors (Lipinski definition) is 1. The molecule has 2 fully saturated rings. The van der Waals surface area contributed by atoms with Crippen LogP contribution in [0.15, 0.2) is 4.99 Å². The molecule has 21 heavy (non-hydrogen) atoms. The molecule has 7 heteroatoms. The number of guanidine groups is 1. The monoisotopic (exact) mass is 306 g/mol. The Bertz CT molecular complexity index is 375. The highest BCUT2D eigenvalue weighted by Gasteiger charge is 2.41. The minimum Gasteiger partial charge on any atom is -0.353 e. The quantitative estimate of drug-likeness (QED) is 0.638. The van der Waals surface area contributed by atoms with Crippen molar-refractivity contribution < 1.29 is 13.2 Å². The number of aliphatic imine (C=N–C) groups is 1. The molecule has 0 bridgehead atoms. The third kappa shape index (κ3) is 4.25. The average molecular weight is 306 g/mol. The molecule has 3 unspecified atom stereocenters. The van der Waals surface area contributed by atoms with Crippen LogP contribution in [-0.2, 0) is 0 Å². The Morgan fingerprint density at radius 2 is 1.86 bits per heavy atom. The third-order valence-electron chi connectivity index (χ3n) is 4.37. The average Bonchev–Trinajstić information content (AvgIpc) is 3.12. The van der Waals surface area contributed by atoms with Gasteiger partial charge in [-0.2, -0.15) is 13.2 Å². The molecule has 0 spiro atoms. The number of rotatable bonds is 3. The van der Waals surface area contributed by atoms with Crippen molar-refractivity contribution in [2.45, 2.75) is 45.5 Å². The lowest BCUT2D eigenvalue weighted by molar-refractivity contribution is -0.181. The zero-order valence-corrected chi connectivity index (χ0v) is 13.0. The van der Waals surface area contributed by atoms with Crippen LogP contribution in [0.2, 0.25) is 0 Å². The molecule has 1 saturated carbocycles. The number of nitrogens with zero attached hydrogens (tertiary/aromatic N) is 3. The highest BCUT2D eigenvalue weighted by Crippen LogP contribution is 2.29. The number of halogens is 3. The number of piperazine rings is 1. The second-order valence-electron chi connectivity index (χ2n) is 6.00. The van der Waals surface area contributed by atoms with Crippen molar-refractivity contribution >= 4 is 5.96 Å². The zero-order chi connectivity index (χ0) is 15.6. The largest absolute Gasteiger partial charge is 0.403 e. The molecule has 0 radical (unpaired) electrons. The van der Waals surface area contributed by atoms with Gasteiger partial charge in [0.15, 0.2) is 5.96 Å². The molecule has 4 nitrogen and oxygen atoms in total. The molecule has 0 amide bonds. The second-order valence-corrected chi connectivity index (χ2v) is 6.00. The van der Waals surface area contributed by atoms with Crippen LogP contribution in [-0.4, -0.2) is 66.7 Å². The first-order valence-electron chi connectivity index (χ1n) is 7.69. The summed E-state index contributed by atoms with van der Waals surface area (Å²) in [6.07, 6.45) is -3.00. The molecule has 3 atom stereocenters. The summed E-state index contributed by atoms with van der Waals surface area (Å²) in [4.78, 5) is 8.05. The highest BCUT2D eigenvalue weighted by atomic mass is 19.4. The first-order valence-corrected chi connectivity index (χ1v) is 7.69. The Morgan fingerprint density at radius 1 is 1.29 bits per heavy atom. The van der Waals surface area contributed by atoms with E-state index in [4.69, 9.17) is 0 Å². The van der Waals surface area contributed by atoms with E-state index in [0.29, 0.717) is 44.7 Å². The van der Waals surface area contributed by atoms with Crippen LogP contribution in [0.5, 0.6) is 0 Å². The summed E-state index contributed by atoms with van der Waals surface area (Å²) in [6.45, 7) is 8.10. The van der Waals surface area contributed by atoms with Crippen molar-refractivity contribution in [1.29, 1.82) is 0 Å². The van der Waals surface area contributed by atoms with Crippen LogP contribution in [0.4, 0.5) is 13.2 Å². The van der Waals surface area contributed by atoms with Crippen LogP contribution < -0.4 is 5.32 Å². The maximum absolute atomic E-state index is 12.7. The predicted octanol–water partition coefficient (Wildman–Crippen LogP) is 1.93. The summed E-state index contributed by atoms with van der Waals surface area (Å²) >= 11 is 0. The molecule has 1 N–H and O–H groups in total. The maximum Gasteiger partial charge on any atom is 0.403 e. The van der Waals surface area contributed by atoms with E-state index < -0.39 is 12.2 Å². The van der Waals surface area contributed by atoms with Crippen molar-refractivity contribution in [2.75, 3.05) is 32.7 Å². The SMILES string of the molecule is CCN=C(NC1CC1C)N1CCN(C(C)C(F)(F)F)CC1. The van der Waals surface area contributed by atoms with E-state index in [-0.39, 0.29) is 0 Å². The van der Waals surface area contributed by atoms with Crippen molar-refractivity contribution in [2.24, 2.45) is 10.9 Å². The summed E-state index contributed by atoms with van der Waals surface area (Å²) in [5.41, 5.74) is 0. The lowest BCUT2D eigenvalue weighted by Crippen LogP contribution is -2.57. The molecule has 0 aromatic heterocycles. The van der Waals surface area contributed by atoms with E-state index in [9.17, 15) is 13.2 Å². The third-order valence-corrected chi connectivity index (χ3v) is 4.37. The van der Waals surface area contributed by atoms with E-state index in [2.05, 4.69) is 22.1 Å². The molecular weight excluding hydrogens is 281 g/mol. The van der Waals surface area contributed by atoms with Gasteiger partial charge < -0.3 is 10.2 Å². The number of hydrogen-bond acceptors (Lipinski definition) is 2. The first-order chi connectivity index (χ1) is 9.82. The molecule has 1 aliphatic heterocycles. The van der Waals surface area contributed by atoms with Gasteiger partial charge in [0.2, 0.25) is 0 Å². The van der Waals surface area contributed by atoms with Gasteiger partial charge in [-0.3, -0.25) is 9.89 Å². The van der Waals surface area contributed by atoms with Gasteiger partial charge in [0.25, 0.3) is 0 Å². The lowest BCUT2D eigenvalue weighted by atomic mass is 10.2.